The highest BCUT2D eigenvalue weighted by atomic mass is 19.1. The van der Waals surface area contributed by atoms with Gasteiger partial charge in [0.05, 0.1) is 30.7 Å². The van der Waals surface area contributed by atoms with Crippen LogP contribution in [-0.2, 0) is 6.54 Å². The van der Waals surface area contributed by atoms with Gasteiger partial charge in [0.1, 0.15) is 23.0 Å². The number of carbonyl (C=O) groups is 1. The minimum Gasteiger partial charge on any atom is -0.493 e. The highest BCUT2D eigenvalue weighted by molar-refractivity contribution is 5.92. The van der Waals surface area contributed by atoms with Gasteiger partial charge in [0.2, 0.25) is 0 Å². The molecule has 0 spiro atoms. The number of aryl methyl sites for hydroxylation is 1. The van der Waals surface area contributed by atoms with E-state index in [1.807, 2.05) is 20.8 Å². The molecule has 0 bridgehead atoms. The second kappa shape index (κ2) is 11.5. The van der Waals surface area contributed by atoms with Gasteiger partial charge in [-0.05, 0) is 87.9 Å². The maximum absolute atomic E-state index is 13.6. The Balaban J connectivity index is 1.33. The molecule has 3 aromatic rings. The smallest absolute Gasteiger partial charge is 0.271 e. The Kier molecular flexibility index (Phi) is 7.88. The standard InChI is InChI=1S/C30H35FN4O3/c1-4-37-27-14-20(15-28(38-5-2)29(27)21-6-8-22(31)9-7-21)18-35-13-12-23-24(10-11-26(23)35)34-30(36)25-17-32-19(3)16-33-25/h6-9,14-17,23-24,26H,4-5,10-13,18H2,1-3H3,(H,34,36)/t23-,24?,26+/m0/s1. The number of likely N-dealkylation sites (tertiary alicyclic amines) is 1. The molecule has 38 heavy (non-hydrogen) atoms. The van der Waals surface area contributed by atoms with E-state index in [4.69, 9.17) is 9.47 Å². The molecule has 1 aliphatic carbocycles. The molecule has 1 N–H and O–H groups in total. The molecule has 1 unspecified atom stereocenters. The first-order valence-electron chi connectivity index (χ1n) is 13.5. The minimum absolute atomic E-state index is 0.138. The van der Waals surface area contributed by atoms with E-state index in [0.717, 1.165) is 66.2 Å². The van der Waals surface area contributed by atoms with E-state index in [0.29, 0.717) is 30.9 Å². The molecule has 3 atom stereocenters. The van der Waals surface area contributed by atoms with Crippen LogP contribution in [0.25, 0.3) is 11.1 Å². The number of hydrogen-bond acceptors (Lipinski definition) is 6. The second-order valence-electron chi connectivity index (χ2n) is 10.0. The van der Waals surface area contributed by atoms with E-state index in [1.165, 1.54) is 12.1 Å². The van der Waals surface area contributed by atoms with Gasteiger partial charge in [-0.15, -0.1) is 0 Å². The second-order valence-corrected chi connectivity index (χ2v) is 10.0. The van der Waals surface area contributed by atoms with Crippen molar-refractivity contribution in [1.29, 1.82) is 0 Å². The van der Waals surface area contributed by atoms with Crippen LogP contribution in [0.1, 0.15) is 54.9 Å². The number of fused-ring (bicyclic) bond motifs is 1. The number of benzene rings is 2. The van der Waals surface area contributed by atoms with Crippen molar-refractivity contribution in [3.05, 3.63) is 71.6 Å². The normalized spacial score (nSPS) is 20.8. The zero-order chi connectivity index (χ0) is 26.6. The molecule has 1 aliphatic heterocycles. The zero-order valence-corrected chi connectivity index (χ0v) is 22.2. The molecule has 2 fully saturated rings. The SMILES string of the molecule is CCOc1cc(CN2CC[C@H]3C(NC(=O)c4cnc(C)cn4)CC[C@H]32)cc(OCC)c1-c1ccc(F)cc1. The number of aromatic nitrogens is 2. The van der Waals surface area contributed by atoms with Gasteiger partial charge in [-0.25, -0.2) is 9.37 Å². The van der Waals surface area contributed by atoms with Crippen LogP contribution in [0.15, 0.2) is 48.8 Å². The van der Waals surface area contributed by atoms with Crippen LogP contribution in [0.2, 0.25) is 0 Å². The molecular weight excluding hydrogens is 483 g/mol. The predicted molar refractivity (Wildman–Crippen MR) is 144 cm³/mol. The average molecular weight is 519 g/mol. The quantitative estimate of drug-likeness (QED) is 0.421. The summed E-state index contributed by atoms with van der Waals surface area (Å²) in [6.07, 6.45) is 6.20. The molecule has 2 aliphatic rings. The number of hydrogen-bond donors (Lipinski definition) is 1. The number of halogens is 1. The molecule has 2 heterocycles. The van der Waals surface area contributed by atoms with E-state index >= 15 is 0 Å². The van der Waals surface area contributed by atoms with E-state index in [9.17, 15) is 9.18 Å². The topological polar surface area (TPSA) is 76.6 Å². The maximum atomic E-state index is 13.6. The van der Waals surface area contributed by atoms with E-state index in [1.54, 1.807) is 24.5 Å². The Morgan fingerprint density at radius 1 is 1.03 bits per heavy atom. The lowest BCUT2D eigenvalue weighted by molar-refractivity contribution is 0.0921. The molecule has 5 rings (SSSR count). The van der Waals surface area contributed by atoms with Gasteiger partial charge < -0.3 is 14.8 Å². The molecule has 1 amide bonds. The Morgan fingerprint density at radius 3 is 2.37 bits per heavy atom. The van der Waals surface area contributed by atoms with Crippen molar-refractivity contribution in [1.82, 2.24) is 20.2 Å². The van der Waals surface area contributed by atoms with Crippen LogP contribution in [0.3, 0.4) is 0 Å². The van der Waals surface area contributed by atoms with Gasteiger partial charge in [-0.2, -0.15) is 0 Å². The number of nitrogens with one attached hydrogen (secondary N) is 1. The molecule has 0 radical (unpaired) electrons. The molecule has 2 aromatic carbocycles. The summed E-state index contributed by atoms with van der Waals surface area (Å²) < 4.78 is 25.7. The number of rotatable bonds is 9. The van der Waals surface area contributed by atoms with Crippen LogP contribution in [-0.4, -0.2) is 52.6 Å². The van der Waals surface area contributed by atoms with Gasteiger partial charge >= 0.3 is 0 Å². The summed E-state index contributed by atoms with van der Waals surface area (Å²) in [5.74, 6) is 1.47. The van der Waals surface area contributed by atoms with Crippen LogP contribution in [0.4, 0.5) is 4.39 Å². The summed E-state index contributed by atoms with van der Waals surface area (Å²) in [5.41, 5.74) is 3.98. The highest BCUT2D eigenvalue weighted by Crippen LogP contribution is 2.42. The van der Waals surface area contributed by atoms with E-state index < -0.39 is 0 Å². The monoisotopic (exact) mass is 518 g/mol. The fraction of sp³-hybridized carbons (Fsp3) is 0.433. The average Bonchev–Trinajstić information content (AvgIpc) is 3.49. The van der Waals surface area contributed by atoms with Gasteiger partial charge in [0, 0.05) is 24.8 Å². The lowest BCUT2D eigenvalue weighted by Crippen LogP contribution is -2.39. The zero-order valence-electron chi connectivity index (χ0n) is 22.2. The number of carbonyl (C=O) groups excluding carboxylic acids is 1. The van der Waals surface area contributed by atoms with Crippen LogP contribution >= 0.6 is 0 Å². The number of amides is 1. The van der Waals surface area contributed by atoms with Gasteiger partial charge in [-0.3, -0.25) is 14.7 Å². The Morgan fingerprint density at radius 2 is 1.74 bits per heavy atom. The Labute approximate surface area is 223 Å². The van der Waals surface area contributed by atoms with Gasteiger partial charge in [0.15, 0.2) is 0 Å². The predicted octanol–water partition coefficient (Wildman–Crippen LogP) is 5.17. The molecule has 1 saturated carbocycles. The molecule has 1 saturated heterocycles. The summed E-state index contributed by atoms with van der Waals surface area (Å²) in [5, 5.41) is 3.22. The number of nitrogens with zero attached hydrogens (tertiary/aromatic N) is 3. The lowest BCUT2D eigenvalue weighted by atomic mass is 9.99. The van der Waals surface area contributed by atoms with Gasteiger partial charge in [-0.1, -0.05) is 12.1 Å². The molecular formula is C30H35FN4O3. The van der Waals surface area contributed by atoms with E-state index in [-0.39, 0.29) is 17.8 Å². The minimum atomic E-state index is -0.275. The van der Waals surface area contributed by atoms with Crippen molar-refractivity contribution < 1.29 is 18.7 Å². The summed E-state index contributed by atoms with van der Waals surface area (Å²) >= 11 is 0. The lowest BCUT2D eigenvalue weighted by Gasteiger charge is -2.26. The van der Waals surface area contributed by atoms with Crippen LogP contribution in [0, 0.1) is 18.7 Å². The van der Waals surface area contributed by atoms with Crippen LogP contribution in [0.5, 0.6) is 11.5 Å². The fourth-order valence-corrected chi connectivity index (χ4v) is 5.91. The van der Waals surface area contributed by atoms with Crippen molar-refractivity contribution in [2.24, 2.45) is 5.92 Å². The van der Waals surface area contributed by atoms with Crippen molar-refractivity contribution in [3.8, 4) is 22.6 Å². The van der Waals surface area contributed by atoms with Crippen molar-refractivity contribution in [2.75, 3.05) is 19.8 Å². The number of ether oxygens (including phenoxy) is 2. The summed E-state index contributed by atoms with van der Waals surface area (Å²) in [4.78, 5) is 23.7. The van der Waals surface area contributed by atoms with Crippen LogP contribution < -0.4 is 14.8 Å². The summed E-state index contributed by atoms with van der Waals surface area (Å²) in [6, 6.07) is 11.2. The first-order chi connectivity index (χ1) is 18.5. The van der Waals surface area contributed by atoms with Crippen molar-refractivity contribution in [3.63, 3.8) is 0 Å². The van der Waals surface area contributed by atoms with Gasteiger partial charge in [0.25, 0.3) is 5.91 Å². The highest BCUT2D eigenvalue weighted by Gasteiger charge is 2.44. The van der Waals surface area contributed by atoms with Crippen molar-refractivity contribution in [2.45, 2.75) is 58.7 Å². The first kappa shape index (κ1) is 26.1. The van der Waals surface area contributed by atoms with E-state index in [2.05, 4.69) is 32.3 Å². The van der Waals surface area contributed by atoms with Crippen molar-refractivity contribution >= 4 is 5.91 Å². The Bertz CT molecular complexity index is 1240. The Hall–Kier alpha value is -3.52. The third-order valence-corrected chi connectivity index (χ3v) is 7.58. The largest absolute Gasteiger partial charge is 0.493 e. The summed E-state index contributed by atoms with van der Waals surface area (Å²) in [7, 11) is 0. The fourth-order valence-electron chi connectivity index (χ4n) is 5.91. The summed E-state index contributed by atoms with van der Waals surface area (Å²) in [6.45, 7) is 8.56. The molecule has 200 valence electrons. The molecule has 8 heteroatoms. The maximum Gasteiger partial charge on any atom is 0.271 e. The third kappa shape index (κ3) is 5.50. The molecule has 1 aromatic heterocycles. The first-order valence-corrected chi connectivity index (χ1v) is 13.5. The third-order valence-electron chi connectivity index (χ3n) is 7.58. The molecule has 7 nitrogen and oxygen atoms in total.